The Morgan fingerprint density at radius 2 is 1.67 bits per heavy atom. The molecule has 0 aliphatic heterocycles. The Labute approximate surface area is 75.0 Å². The first-order chi connectivity index (χ1) is 5.72. The lowest BCUT2D eigenvalue weighted by Gasteiger charge is -2.24. The van der Waals surface area contributed by atoms with E-state index in [1.165, 1.54) is 32.1 Å². The van der Waals surface area contributed by atoms with Gasteiger partial charge in [-0.25, -0.2) is 0 Å². The highest BCUT2D eigenvalue weighted by Crippen LogP contribution is 2.29. The summed E-state index contributed by atoms with van der Waals surface area (Å²) in [6.07, 6.45) is 7.46. The molecule has 0 spiro atoms. The fourth-order valence-electron chi connectivity index (χ4n) is 1.80. The van der Waals surface area contributed by atoms with Gasteiger partial charge in [0.15, 0.2) is 0 Å². The number of carboxylic acid groups (broad SMARTS) is 1. The van der Waals surface area contributed by atoms with Gasteiger partial charge in [0.2, 0.25) is 0 Å². The Kier molecular flexibility index (Phi) is 6.82. The number of rotatable bonds is 1. The minimum atomic E-state index is -0.250. The largest absolute Gasteiger partial charge is 0.483 e. The van der Waals surface area contributed by atoms with Crippen LogP contribution in [0.4, 0.5) is 0 Å². The molecule has 1 rings (SSSR count). The third kappa shape index (κ3) is 5.16. The van der Waals surface area contributed by atoms with Crippen molar-refractivity contribution in [2.75, 3.05) is 0 Å². The minimum absolute atomic E-state index is 0.250. The second-order valence-electron chi connectivity index (χ2n) is 3.75. The number of carbonyl (C=O) groups is 1. The van der Waals surface area contributed by atoms with Gasteiger partial charge in [-0.2, -0.15) is 0 Å². The maximum atomic E-state index is 8.36. The maximum absolute atomic E-state index is 8.36. The van der Waals surface area contributed by atoms with Crippen LogP contribution in [0.25, 0.3) is 0 Å². The molecule has 0 aromatic carbocycles. The molecule has 1 N–H and O–H groups in total. The highest BCUT2D eigenvalue weighted by molar-refractivity contribution is 5.32. The van der Waals surface area contributed by atoms with Crippen molar-refractivity contribution in [3.63, 3.8) is 0 Å². The van der Waals surface area contributed by atoms with Crippen LogP contribution < -0.4 is 0 Å². The van der Waals surface area contributed by atoms with Gasteiger partial charge in [0, 0.05) is 0 Å². The smallest absolute Gasteiger partial charge is 0.290 e. The van der Waals surface area contributed by atoms with Crippen molar-refractivity contribution in [2.45, 2.75) is 46.0 Å². The highest BCUT2D eigenvalue weighted by Gasteiger charge is 2.15. The van der Waals surface area contributed by atoms with Crippen molar-refractivity contribution in [2.24, 2.45) is 11.8 Å². The fraction of sp³-hybridized carbons (Fsp3) is 0.900. The molecule has 1 saturated carbocycles. The van der Waals surface area contributed by atoms with Gasteiger partial charge in [0.05, 0.1) is 0 Å². The molecule has 0 amide bonds. The third-order valence-corrected chi connectivity index (χ3v) is 2.59. The van der Waals surface area contributed by atoms with Crippen LogP contribution in [0.3, 0.4) is 0 Å². The molecule has 72 valence electrons. The van der Waals surface area contributed by atoms with E-state index in [4.69, 9.17) is 9.90 Å². The Balaban J connectivity index is 0.000000354. The van der Waals surface area contributed by atoms with Crippen LogP contribution >= 0.6 is 0 Å². The molecule has 1 fully saturated rings. The number of hydrogen-bond donors (Lipinski definition) is 1. The molecule has 0 unspecified atom stereocenters. The lowest BCUT2D eigenvalue weighted by molar-refractivity contribution is -0.122. The average Bonchev–Trinajstić information content (AvgIpc) is 2.07. The molecular formula is C10H20O2. The molecule has 0 heterocycles. The molecule has 2 nitrogen and oxygen atoms in total. The molecule has 0 aromatic rings. The molecule has 0 radical (unpaired) electrons. The highest BCUT2D eigenvalue weighted by atomic mass is 16.3. The standard InChI is InChI=1S/C9H18.CH2O2/c1-8(2)9-6-4-3-5-7-9;2-1-3/h8-9H,3-7H2,1-2H3;1H,(H,2,3). The summed E-state index contributed by atoms with van der Waals surface area (Å²) in [6.45, 7) is 4.46. The summed E-state index contributed by atoms with van der Waals surface area (Å²) in [5, 5.41) is 6.89. The molecule has 0 saturated heterocycles. The summed E-state index contributed by atoms with van der Waals surface area (Å²) in [6, 6.07) is 0. The molecule has 12 heavy (non-hydrogen) atoms. The van der Waals surface area contributed by atoms with Gasteiger partial charge in [-0.1, -0.05) is 46.0 Å². The van der Waals surface area contributed by atoms with E-state index >= 15 is 0 Å². The predicted octanol–water partition coefficient (Wildman–Crippen LogP) is 2.92. The van der Waals surface area contributed by atoms with Crippen LogP contribution in [0.5, 0.6) is 0 Å². The van der Waals surface area contributed by atoms with Crippen LogP contribution in [0.15, 0.2) is 0 Å². The predicted molar refractivity (Wildman–Crippen MR) is 50.1 cm³/mol. The lowest BCUT2D eigenvalue weighted by Crippen LogP contribution is -2.12. The van der Waals surface area contributed by atoms with Crippen LogP contribution in [-0.4, -0.2) is 11.6 Å². The van der Waals surface area contributed by atoms with Crippen LogP contribution in [-0.2, 0) is 4.79 Å². The van der Waals surface area contributed by atoms with Gasteiger partial charge >= 0.3 is 0 Å². The van der Waals surface area contributed by atoms with Crippen molar-refractivity contribution in [1.29, 1.82) is 0 Å². The zero-order valence-corrected chi connectivity index (χ0v) is 8.12. The van der Waals surface area contributed by atoms with Crippen LogP contribution in [0, 0.1) is 11.8 Å². The summed E-state index contributed by atoms with van der Waals surface area (Å²) in [5.41, 5.74) is 0. The second kappa shape index (κ2) is 7.14. The zero-order valence-electron chi connectivity index (χ0n) is 8.12. The quantitative estimate of drug-likeness (QED) is 0.617. The molecule has 0 atom stereocenters. The van der Waals surface area contributed by atoms with Crippen molar-refractivity contribution < 1.29 is 9.90 Å². The van der Waals surface area contributed by atoms with E-state index in [2.05, 4.69) is 13.8 Å². The lowest BCUT2D eigenvalue weighted by atomic mass is 9.82. The molecule has 0 aromatic heterocycles. The molecule has 1 aliphatic rings. The number of hydrogen-bond acceptors (Lipinski definition) is 1. The van der Waals surface area contributed by atoms with Crippen LogP contribution in [0.2, 0.25) is 0 Å². The summed E-state index contributed by atoms with van der Waals surface area (Å²) in [7, 11) is 0. The first-order valence-electron chi connectivity index (χ1n) is 4.80. The van der Waals surface area contributed by atoms with Crippen molar-refractivity contribution in [3.05, 3.63) is 0 Å². The van der Waals surface area contributed by atoms with E-state index < -0.39 is 0 Å². The summed E-state index contributed by atoms with van der Waals surface area (Å²) >= 11 is 0. The Morgan fingerprint density at radius 1 is 1.25 bits per heavy atom. The first kappa shape index (κ1) is 11.5. The van der Waals surface area contributed by atoms with Gasteiger partial charge in [0.25, 0.3) is 6.47 Å². The fourth-order valence-corrected chi connectivity index (χ4v) is 1.80. The average molecular weight is 172 g/mol. The Hall–Kier alpha value is -0.530. The second-order valence-corrected chi connectivity index (χ2v) is 3.75. The van der Waals surface area contributed by atoms with Crippen LogP contribution in [0.1, 0.15) is 46.0 Å². The van der Waals surface area contributed by atoms with Gasteiger partial charge in [-0.05, 0) is 11.8 Å². The molecule has 2 heteroatoms. The monoisotopic (exact) mass is 172 g/mol. The van der Waals surface area contributed by atoms with Crippen molar-refractivity contribution >= 4 is 6.47 Å². The van der Waals surface area contributed by atoms with E-state index in [1.807, 2.05) is 0 Å². The zero-order chi connectivity index (χ0) is 9.40. The van der Waals surface area contributed by atoms with Gasteiger partial charge in [0.1, 0.15) is 0 Å². The van der Waals surface area contributed by atoms with Crippen molar-refractivity contribution in [3.8, 4) is 0 Å². The maximum Gasteiger partial charge on any atom is 0.290 e. The minimum Gasteiger partial charge on any atom is -0.483 e. The van der Waals surface area contributed by atoms with Gasteiger partial charge in [-0.3, -0.25) is 4.79 Å². The third-order valence-electron chi connectivity index (χ3n) is 2.59. The van der Waals surface area contributed by atoms with Gasteiger partial charge < -0.3 is 5.11 Å². The molecule has 1 aliphatic carbocycles. The van der Waals surface area contributed by atoms with Gasteiger partial charge in [-0.15, -0.1) is 0 Å². The first-order valence-corrected chi connectivity index (χ1v) is 4.80. The molecule has 0 bridgehead atoms. The summed E-state index contributed by atoms with van der Waals surface area (Å²) in [4.78, 5) is 8.36. The SMILES string of the molecule is CC(C)C1CCCCC1.O=CO. The van der Waals surface area contributed by atoms with E-state index in [9.17, 15) is 0 Å². The topological polar surface area (TPSA) is 37.3 Å². The molecular weight excluding hydrogens is 152 g/mol. The summed E-state index contributed by atoms with van der Waals surface area (Å²) < 4.78 is 0. The van der Waals surface area contributed by atoms with E-state index in [0.29, 0.717) is 0 Å². The van der Waals surface area contributed by atoms with E-state index in [1.54, 1.807) is 0 Å². The van der Waals surface area contributed by atoms with E-state index in [-0.39, 0.29) is 6.47 Å². The Morgan fingerprint density at radius 3 is 1.92 bits per heavy atom. The van der Waals surface area contributed by atoms with Crippen molar-refractivity contribution in [1.82, 2.24) is 0 Å². The summed E-state index contributed by atoms with van der Waals surface area (Å²) in [5.74, 6) is 1.99. The Bertz CT molecular complexity index is 104. The van der Waals surface area contributed by atoms with E-state index in [0.717, 1.165) is 11.8 Å². The normalized spacial score (nSPS) is 18.2.